The molecule has 0 aliphatic carbocycles. The lowest BCUT2D eigenvalue weighted by molar-refractivity contribution is -0.870. The number of nitrogens with one attached hydrogen (secondary N) is 1. The minimum Gasteiger partial charge on any atom is -0.387 e. The fraction of sp³-hybridized carbons (Fsp3) is 0.797. The molecule has 0 aromatic heterocycles. The number of quaternary nitrogens is 1. The van der Waals surface area contributed by atoms with Crippen molar-refractivity contribution in [3.8, 4) is 0 Å². The molecule has 0 spiro atoms. The molecule has 0 aromatic rings. The molecule has 0 aliphatic heterocycles. The Morgan fingerprint density at radius 2 is 0.836 bits per heavy atom. The first-order valence-corrected chi connectivity index (χ1v) is 32.3. The molecular formula is C64H120N2O6P+. The van der Waals surface area contributed by atoms with Gasteiger partial charge >= 0.3 is 7.82 Å². The summed E-state index contributed by atoms with van der Waals surface area (Å²) in [5.74, 6) is -0.191. The van der Waals surface area contributed by atoms with Crippen LogP contribution in [0.5, 0.6) is 0 Å². The number of phosphoric acid groups is 1. The van der Waals surface area contributed by atoms with Gasteiger partial charge in [0.2, 0.25) is 5.91 Å². The van der Waals surface area contributed by atoms with Gasteiger partial charge < -0.3 is 19.8 Å². The van der Waals surface area contributed by atoms with Crippen LogP contribution in [-0.4, -0.2) is 73.4 Å². The maximum Gasteiger partial charge on any atom is 0.472 e. The lowest BCUT2D eigenvalue weighted by Crippen LogP contribution is -2.45. The standard InChI is InChI=1S/C64H119N2O6P/c1-6-8-10-12-14-16-18-19-20-21-22-23-24-25-26-27-28-29-30-31-32-33-34-35-36-37-38-39-40-41-42-43-44-45-46-47-48-50-52-54-56-58-64(68)65-62(61-72-73(69,70)71-60-59-66(3,4)5)63(67)57-55-53-51-49-17-15-13-11-9-7-2/h9,11,17-19,21-22,24-25,49,55,57,62-63,67H,6-8,10,12-16,20,23,26-48,50-54,56,58-61H2,1-5H3,(H-,65,68,69,70)/p+1/b11-9+,19-18-,22-21-,25-24-,49-17+,57-55+. The van der Waals surface area contributed by atoms with Crippen molar-refractivity contribution in [3.05, 3.63) is 72.9 Å². The van der Waals surface area contributed by atoms with Gasteiger partial charge in [-0.05, 0) is 77.0 Å². The van der Waals surface area contributed by atoms with Crippen LogP contribution in [0.2, 0.25) is 0 Å². The second-order valence-electron chi connectivity index (χ2n) is 22.0. The largest absolute Gasteiger partial charge is 0.472 e. The van der Waals surface area contributed by atoms with Gasteiger partial charge in [-0.2, -0.15) is 0 Å². The number of allylic oxidation sites excluding steroid dienone is 11. The molecule has 3 atom stereocenters. The van der Waals surface area contributed by atoms with Crippen LogP contribution in [0.4, 0.5) is 0 Å². The van der Waals surface area contributed by atoms with E-state index in [1.807, 2.05) is 27.2 Å². The smallest absolute Gasteiger partial charge is 0.387 e. The van der Waals surface area contributed by atoms with Crippen LogP contribution in [0, 0.1) is 0 Å². The Labute approximate surface area is 453 Å². The highest BCUT2D eigenvalue weighted by Crippen LogP contribution is 2.43. The van der Waals surface area contributed by atoms with E-state index >= 15 is 0 Å². The predicted octanol–water partition coefficient (Wildman–Crippen LogP) is 19.0. The summed E-state index contributed by atoms with van der Waals surface area (Å²) in [6.45, 7) is 4.66. The lowest BCUT2D eigenvalue weighted by Gasteiger charge is -2.25. The van der Waals surface area contributed by atoms with Crippen molar-refractivity contribution in [2.45, 2.75) is 289 Å². The van der Waals surface area contributed by atoms with Gasteiger partial charge in [-0.15, -0.1) is 0 Å². The maximum atomic E-state index is 12.9. The quantitative estimate of drug-likeness (QED) is 0.0243. The zero-order chi connectivity index (χ0) is 53.5. The maximum absolute atomic E-state index is 12.9. The molecule has 3 N–H and O–H groups in total. The number of carbonyl (C=O) groups is 1. The number of hydrogen-bond acceptors (Lipinski definition) is 5. The van der Waals surface area contributed by atoms with Crippen LogP contribution < -0.4 is 5.32 Å². The minimum absolute atomic E-state index is 0.0527. The monoisotopic (exact) mass is 1040 g/mol. The van der Waals surface area contributed by atoms with E-state index in [-0.39, 0.29) is 19.1 Å². The van der Waals surface area contributed by atoms with Gasteiger partial charge in [0.25, 0.3) is 0 Å². The van der Waals surface area contributed by atoms with Crippen molar-refractivity contribution in [1.82, 2.24) is 5.32 Å². The molecule has 426 valence electrons. The number of likely N-dealkylation sites (N-methyl/N-ethyl adjacent to an activating group) is 1. The first kappa shape index (κ1) is 70.9. The number of aliphatic hydroxyl groups is 1. The average molecular weight is 1040 g/mol. The van der Waals surface area contributed by atoms with Gasteiger partial charge in [-0.25, -0.2) is 4.57 Å². The summed E-state index contributed by atoms with van der Waals surface area (Å²) in [4.78, 5) is 23.2. The summed E-state index contributed by atoms with van der Waals surface area (Å²) in [5.41, 5.74) is 0. The normalized spacial score (nSPS) is 14.3. The van der Waals surface area contributed by atoms with E-state index in [1.165, 1.54) is 193 Å². The summed E-state index contributed by atoms with van der Waals surface area (Å²) >= 11 is 0. The number of unbranched alkanes of at least 4 members (excludes halogenated alkanes) is 33. The zero-order valence-corrected chi connectivity index (χ0v) is 49.5. The number of hydrogen-bond donors (Lipinski definition) is 3. The fourth-order valence-electron chi connectivity index (χ4n) is 8.86. The first-order chi connectivity index (χ1) is 35.5. The van der Waals surface area contributed by atoms with Gasteiger partial charge in [-0.3, -0.25) is 13.8 Å². The SMILES string of the molecule is CC/C=C/CC/C=C/CC/C=C/C(O)C(COP(=O)(O)OCC[N+](C)(C)C)NC(=O)CCCCCCCCCCCCCCCCCCCCCCCCCCCC/C=C\C/C=C\C/C=C\CCCCCCC. The molecule has 0 radical (unpaired) electrons. The van der Waals surface area contributed by atoms with Crippen LogP contribution in [-0.2, 0) is 18.4 Å². The van der Waals surface area contributed by atoms with Gasteiger partial charge in [0.1, 0.15) is 13.2 Å². The third-order valence-corrected chi connectivity index (χ3v) is 14.6. The van der Waals surface area contributed by atoms with Crippen LogP contribution in [0.1, 0.15) is 277 Å². The second kappa shape index (κ2) is 54.7. The molecular weight excluding hydrogens is 924 g/mol. The number of phosphoric ester groups is 1. The van der Waals surface area contributed by atoms with Crippen molar-refractivity contribution in [3.63, 3.8) is 0 Å². The number of aliphatic hydroxyl groups excluding tert-OH is 1. The van der Waals surface area contributed by atoms with Crippen molar-refractivity contribution in [2.24, 2.45) is 0 Å². The van der Waals surface area contributed by atoms with E-state index in [9.17, 15) is 19.4 Å². The van der Waals surface area contributed by atoms with Gasteiger partial charge in [-0.1, -0.05) is 267 Å². The van der Waals surface area contributed by atoms with E-state index in [0.29, 0.717) is 17.4 Å². The first-order valence-electron chi connectivity index (χ1n) is 30.8. The molecule has 9 heteroatoms. The Balaban J connectivity index is 3.81. The molecule has 0 saturated carbocycles. The highest BCUT2D eigenvalue weighted by molar-refractivity contribution is 7.47. The van der Waals surface area contributed by atoms with Crippen molar-refractivity contribution in [1.29, 1.82) is 0 Å². The topological polar surface area (TPSA) is 105 Å². The van der Waals surface area contributed by atoms with Crippen LogP contribution >= 0.6 is 7.82 Å². The summed E-state index contributed by atoms with van der Waals surface area (Å²) in [7, 11) is 1.55. The Bertz CT molecular complexity index is 1420. The molecule has 0 heterocycles. The summed E-state index contributed by atoms with van der Waals surface area (Å²) in [6, 6.07) is -0.868. The molecule has 3 unspecified atom stereocenters. The lowest BCUT2D eigenvalue weighted by atomic mass is 10.0. The Morgan fingerprint density at radius 1 is 0.479 bits per heavy atom. The van der Waals surface area contributed by atoms with Gasteiger partial charge in [0, 0.05) is 6.42 Å². The van der Waals surface area contributed by atoms with Crippen LogP contribution in [0.15, 0.2) is 72.9 Å². The highest BCUT2D eigenvalue weighted by atomic mass is 31.2. The number of nitrogens with zero attached hydrogens (tertiary/aromatic N) is 1. The van der Waals surface area contributed by atoms with Gasteiger partial charge in [0.05, 0.1) is 39.9 Å². The van der Waals surface area contributed by atoms with E-state index in [4.69, 9.17) is 9.05 Å². The third kappa shape index (κ3) is 57.5. The van der Waals surface area contributed by atoms with E-state index < -0.39 is 20.0 Å². The molecule has 0 bridgehead atoms. The van der Waals surface area contributed by atoms with E-state index in [0.717, 1.165) is 64.2 Å². The average Bonchev–Trinajstić information content (AvgIpc) is 3.35. The fourth-order valence-corrected chi connectivity index (χ4v) is 9.59. The van der Waals surface area contributed by atoms with E-state index in [2.05, 4.69) is 79.9 Å². The Morgan fingerprint density at radius 3 is 1.25 bits per heavy atom. The van der Waals surface area contributed by atoms with Crippen LogP contribution in [0.25, 0.3) is 0 Å². The molecule has 8 nitrogen and oxygen atoms in total. The van der Waals surface area contributed by atoms with Gasteiger partial charge in [0.15, 0.2) is 0 Å². The number of amides is 1. The molecule has 73 heavy (non-hydrogen) atoms. The summed E-state index contributed by atoms with van der Waals surface area (Å²) in [5, 5.41) is 13.8. The highest BCUT2D eigenvalue weighted by Gasteiger charge is 2.27. The van der Waals surface area contributed by atoms with Crippen molar-refractivity contribution >= 4 is 13.7 Å². The zero-order valence-electron chi connectivity index (χ0n) is 48.6. The molecule has 0 aromatic carbocycles. The van der Waals surface area contributed by atoms with E-state index in [1.54, 1.807) is 6.08 Å². The number of rotatable bonds is 56. The molecule has 0 saturated heterocycles. The summed E-state index contributed by atoms with van der Waals surface area (Å²) < 4.78 is 23.6. The molecule has 0 aliphatic rings. The molecule has 0 rings (SSSR count). The Kier molecular flexibility index (Phi) is 53.2. The minimum atomic E-state index is -4.35. The third-order valence-electron chi connectivity index (χ3n) is 13.6. The number of carbonyl (C=O) groups excluding carboxylic acids is 1. The van der Waals surface area contributed by atoms with Crippen LogP contribution in [0.3, 0.4) is 0 Å². The van der Waals surface area contributed by atoms with Crippen molar-refractivity contribution in [2.75, 3.05) is 40.9 Å². The summed E-state index contributed by atoms with van der Waals surface area (Å²) in [6.07, 6.45) is 76.4. The van der Waals surface area contributed by atoms with Crippen molar-refractivity contribution < 1.29 is 32.9 Å². The molecule has 0 fully saturated rings. The second-order valence-corrected chi connectivity index (χ2v) is 23.5. The predicted molar refractivity (Wildman–Crippen MR) is 318 cm³/mol. The molecule has 1 amide bonds. The Hall–Kier alpha value is -2.06.